The van der Waals surface area contributed by atoms with Crippen molar-refractivity contribution < 1.29 is 14.3 Å². The minimum atomic E-state index is -0.205. The number of nitrogens with two attached hydrogens (primary N) is 1. The molecule has 0 spiro atoms. The van der Waals surface area contributed by atoms with E-state index in [2.05, 4.69) is 16.3 Å². The van der Waals surface area contributed by atoms with E-state index in [4.69, 9.17) is 15.2 Å². The summed E-state index contributed by atoms with van der Waals surface area (Å²) in [6, 6.07) is 8.25. The van der Waals surface area contributed by atoms with Gasteiger partial charge in [0.05, 0.1) is 25.3 Å². The van der Waals surface area contributed by atoms with E-state index in [1.807, 2.05) is 18.2 Å². The average Bonchev–Trinajstić information content (AvgIpc) is 2.60. The molecular weight excluding hydrogens is 365 g/mol. The third kappa shape index (κ3) is 6.90. The number of anilines is 1. The monoisotopic (exact) mass is 393 g/mol. The van der Waals surface area contributed by atoms with Gasteiger partial charge in [0.15, 0.2) is 0 Å². The van der Waals surface area contributed by atoms with Gasteiger partial charge in [0, 0.05) is 32.8 Å². The van der Waals surface area contributed by atoms with E-state index < -0.39 is 0 Å². The van der Waals surface area contributed by atoms with Gasteiger partial charge in [0.25, 0.3) is 0 Å². The highest BCUT2D eigenvalue weighted by Crippen LogP contribution is 2.29. The molecule has 1 aromatic rings. The fourth-order valence-corrected chi connectivity index (χ4v) is 2.91. The summed E-state index contributed by atoms with van der Waals surface area (Å²) in [5.74, 6) is 0.902. The van der Waals surface area contributed by atoms with Crippen LogP contribution in [0.2, 0.25) is 0 Å². The minimum Gasteiger partial charge on any atom is -0.495 e. The Balaban J connectivity index is 0.00000288. The lowest BCUT2D eigenvalue weighted by molar-refractivity contribution is -0.124. The van der Waals surface area contributed by atoms with E-state index >= 15 is 0 Å². The first kappa shape index (κ1) is 23.8. The Labute approximate surface area is 162 Å². The van der Waals surface area contributed by atoms with Crippen LogP contribution < -0.4 is 20.7 Å². The van der Waals surface area contributed by atoms with Crippen LogP contribution in [0, 0.1) is 0 Å². The van der Waals surface area contributed by atoms with E-state index in [-0.39, 0.29) is 42.9 Å². The maximum absolute atomic E-state index is 12.0. The number of carbonyl (C=O) groups excluding carboxylic acids is 1. The molecule has 0 radical (unpaired) electrons. The maximum Gasteiger partial charge on any atom is 0.222 e. The standard InChI is InChI=1S/C17H27N3O3.2ClH/c1-22-14(12-18)11-17(21)19-13-7-9-20(10-8-13)15-5-3-4-6-16(15)23-2;;/h3-6,13-14H,7-12,18H2,1-2H3,(H,19,21);2*1H. The second-order valence-corrected chi connectivity index (χ2v) is 5.80. The fourth-order valence-electron chi connectivity index (χ4n) is 2.91. The molecule has 1 unspecified atom stereocenters. The van der Waals surface area contributed by atoms with Gasteiger partial charge in [0.1, 0.15) is 5.75 Å². The number of piperidine rings is 1. The Kier molecular flexibility index (Phi) is 11.6. The van der Waals surface area contributed by atoms with Gasteiger partial charge < -0.3 is 25.4 Å². The smallest absolute Gasteiger partial charge is 0.222 e. The van der Waals surface area contributed by atoms with Crippen LogP contribution in [0.5, 0.6) is 5.75 Å². The summed E-state index contributed by atoms with van der Waals surface area (Å²) in [5, 5.41) is 3.09. The molecule has 1 aromatic carbocycles. The first-order chi connectivity index (χ1) is 11.2. The van der Waals surface area contributed by atoms with E-state index in [0.717, 1.165) is 37.4 Å². The van der Waals surface area contributed by atoms with Crippen LogP contribution in [0.15, 0.2) is 24.3 Å². The van der Waals surface area contributed by atoms with Crippen LogP contribution in [0.1, 0.15) is 19.3 Å². The van der Waals surface area contributed by atoms with Crippen molar-refractivity contribution in [3.05, 3.63) is 24.3 Å². The van der Waals surface area contributed by atoms with Gasteiger partial charge in [-0.3, -0.25) is 4.79 Å². The SMILES string of the molecule is COc1ccccc1N1CCC(NC(=O)CC(CN)OC)CC1.Cl.Cl. The lowest BCUT2D eigenvalue weighted by Crippen LogP contribution is -2.45. The number of ether oxygens (including phenoxy) is 2. The highest BCUT2D eigenvalue weighted by atomic mass is 35.5. The average molecular weight is 394 g/mol. The molecule has 1 saturated heterocycles. The van der Waals surface area contributed by atoms with E-state index in [1.54, 1.807) is 14.2 Å². The predicted molar refractivity (Wildman–Crippen MR) is 105 cm³/mol. The van der Waals surface area contributed by atoms with Crippen molar-refractivity contribution in [2.24, 2.45) is 5.73 Å². The van der Waals surface area contributed by atoms with Crippen molar-refractivity contribution in [1.29, 1.82) is 0 Å². The Hall–Kier alpha value is -1.21. The number of hydrogen-bond acceptors (Lipinski definition) is 5. The molecular formula is C17H29Cl2N3O3. The summed E-state index contributed by atoms with van der Waals surface area (Å²) in [6.07, 6.45) is 1.96. The summed E-state index contributed by atoms with van der Waals surface area (Å²) in [6.45, 7) is 2.15. The molecule has 1 amide bonds. The number of carbonyl (C=O) groups is 1. The summed E-state index contributed by atoms with van der Waals surface area (Å²) in [5.41, 5.74) is 6.66. The Bertz CT molecular complexity index is 508. The summed E-state index contributed by atoms with van der Waals surface area (Å²) in [7, 11) is 3.27. The predicted octanol–water partition coefficient (Wildman–Crippen LogP) is 1.99. The molecule has 8 heteroatoms. The zero-order valence-corrected chi connectivity index (χ0v) is 16.4. The second-order valence-electron chi connectivity index (χ2n) is 5.80. The van der Waals surface area contributed by atoms with Gasteiger partial charge in [-0.05, 0) is 25.0 Å². The number of nitrogens with one attached hydrogen (secondary N) is 1. The molecule has 2 rings (SSSR count). The van der Waals surface area contributed by atoms with Gasteiger partial charge in [0.2, 0.25) is 5.91 Å². The van der Waals surface area contributed by atoms with Crippen LogP contribution in [0.25, 0.3) is 0 Å². The number of para-hydroxylation sites is 2. The van der Waals surface area contributed by atoms with Crippen LogP contribution in [-0.2, 0) is 9.53 Å². The normalized spacial score (nSPS) is 15.6. The van der Waals surface area contributed by atoms with E-state index in [0.29, 0.717) is 13.0 Å². The maximum atomic E-state index is 12.0. The van der Waals surface area contributed by atoms with E-state index in [9.17, 15) is 4.79 Å². The molecule has 25 heavy (non-hydrogen) atoms. The number of hydrogen-bond donors (Lipinski definition) is 2. The summed E-state index contributed by atoms with van der Waals surface area (Å²) >= 11 is 0. The highest BCUT2D eigenvalue weighted by Gasteiger charge is 2.23. The van der Waals surface area contributed by atoms with Crippen molar-refractivity contribution in [2.45, 2.75) is 31.4 Å². The third-order valence-corrected chi connectivity index (χ3v) is 4.30. The number of benzene rings is 1. The molecule has 1 aliphatic heterocycles. The number of methoxy groups -OCH3 is 2. The Morgan fingerprint density at radius 3 is 2.48 bits per heavy atom. The van der Waals surface area contributed by atoms with Crippen LogP contribution in [0.4, 0.5) is 5.69 Å². The molecule has 3 N–H and O–H groups in total. The first-order valence-electron chi connectivity index (χ1n) is 8.08. The molecule has 6 nitrogen and oxygen atoms in total. The van der Waals surface area contributed by atoms with Gasteiger partial charge in [-0.1, -0.05) is 12.1 Å². The van der Waals surface area contributed by atoms with Gasteiger partial charge in [-0.15, -0.1) is 24.8 Å². The minimum absolute atomic E-state index is 0. The second kappa shape index (κ2) is 12.2. The Morgan fingerprint density at radius 1 is 1.28 bits per heavy atom. The van der Waals surface area contributed by atoms with Crippen LogP contribution in [0.3, 0.4) is 0 Å². The molecule has 1 aliphatic rings. The fraction of sp³-hybridized carbons (Fsp3) is 0.588. The van der Waals surface area contributed by atoms with Crippen molar-refractivity contribution in [2.75, 3.05) is 38.8 Å². The molecule has 0 saturated carbocycles. The van der Waals surface area contributed by atoms with Crippen LogP contribution in [-0.4, -0.2) is 51.9 Å². The quantitative estimate of drug-likeness (QED) is 0.740. The zero-order chi connectivity index (χ0) is 16.7. The molecule has 144 valence electrons. The molecule has 1 atom stereocenters. The number of halogens is 2. The molecule has 1 fully saturated rings. The summed E-state index contributed by atoms with van der Waals surface area (Å²) < 4.78 is 10.6. The van der Waals surface area contributed by atoms with Crippen LogP contribution >= 0.6 is 24.8 Å². The molecule has 0 aliphatic carbocycles. The first-order valence-corrected chi connectivity index (χ1v) is 8.08. The number of amides is 1. The third-order valence-electron chi connectivity index (χ3n) is 4.30. The molecule has 0 bridgehead atoms. The Morgan fingerprint density at radius 2 is 1.92 bits per heavy atom. The van der Waals surface area contributed by atoms with Gasteiger partial charge >= 0.3 is 0 Å². The lowest BCUT2D eigenvalue weighted by atomic mass is 10.0. The lowest BCUT2D eigenvalue weighted by Gasteiger charge is -2.34. The molecule has 1 heterocycles. The van der Waals surface area contributed by atoms with Gasteiger partial charge in [-0.2, -0.15) is 0 Å². The van der Waals surface area contributed by atoms with Crippen molar-refractivity contribution in [3.8, 4) is 5.75 Å². The number of nitrogens with zero attached hydrogens (tertiary/aromatic N) is 1. The van der Waals surface area contributed by atoms with E-state index in [1.165, 1.54) is 0 Å². The van der Waals surface area contributed by atoms with Crippen molar-refractivity contribution in [3.63, 3.8) is 0 Å². The number of rotatable bonds is 7. The largest absolute Gasteiger partial charge is 0.495 e. The topological polar surface area (TPSA) is 76.8 Å². The molecule has 0 aromatic heterocycles. The van der Waals surface area contributed by atoms with Gasteiger partial charge in [-0.25, -0.2) is 0 Å². The highest BCUT2D eigenvalue weighted by molar-refractivity contribution is 5.85. The van der Waals surface area contributed by atoms with Crippen molar-refractivity contribution in [1.82, 2.24) is 5.32 Å². The van der Waals surface area contributed by atoms with Crippen molar-refractivity contribution >= 4 is 36.4 Å². The summed E-state index contributed by atoms with van der Waals surface area (Å²) in [4.78, 5) is 14.3. The zero-order valence-electron chi connectivity index (χ0n) is 14.8.